The van der Waals surface area contributed by atoms with E-state index in [9.17, 15) is 19.2 Å². The normalized spacial score (nSPS) is 23.4. The van der Waals surface area contributed by atoms with E-state index in [4.69, 9.17) is 33.2 Å². The molecular formula is C22H27N3O11. The molecule has 14 nitrogen and oxygen atoms in total. The number of nitrogens with zero attached hydrogens (tertiary/aromatic N) is 3. The van der Waals surface area contributed by atoms with E-state index in [2.05, 4.69) is 10.3 Å². The second kappa shape index (κ2) is 11.2. The molecule has 0 amide bonds. The van der Waals surface area contributed by atoms with Crippen molar-refractivity contribution in [1.29, 1.82) is 0 Å². The summed E-state index contributed by atoms with van der Waals surface area (Å²) in [6.45, 7) is 4.27. The van der Waals surface area contributed by atoms with E-state index in [1.54, 1.807) is 12.1 Å². The van der Waals surface area contributed by atoms with E-state index in [0.29, 0.717) is 22.5 Å². The van der Waals surface area contributed by atoms with E-state index < -0.39 is 54.5 Å². The molecule has 14 heteroatoms. The first-order chi connectivity index (χ1) is 17.0. The van der Waals surface area contributed by atoms with Crippen LogP contribution in [0.4, 0.5) is 0 Å². The van der Waals surface area contributed by atoms with Crippen LogP contribution in [0.2, 0.25) is 0 Å². The van der Waals surface area contributed by atoms with Gasteiger partial charge >= 0.3 is 23.9 Å². The van der Waals surface area contributed by atoms with E-state index in [1.807, 2.05) is 0 Å². The van der Waals surface area contributed by atoms with Crippen molar-refractivity contribution in [3.63, 3.8) is 0 Å². The number of fused-ring (bicyclic) bond motifs is 1. The summed E-state index contributed by atoms with van der Waals surface area (Å²) in [5.41, 5.74) is 0.786. The molecule has 0 radical (unpaired) electrons. The number of methoxy groups -OCH3 is 2. The van der Waals surface area contributed by atoms with Crippen LogP contribution >= 0.6 is 0 Å². The Bertz CT molecular complexity index is 1150. The van der Waals surface area contributed by atoms with Crippen LogP contribution < -0.4 is 9.47 Å². The third-order valence-electron chi connectivity index (χ3n) is 5.18. The maximum absolute atomic E-state index is 12.1. The van der Waals surface area contributed by atoms with Gasteiger partial charge in [0.2, 0.25) is 0 Å². The van der Waals surface area contributed by atoms with Crippen LogP contribution in [-0.2, 0) is 42.9 Å². The van der Waals surface area contributed by atoms with Gasteiger partial charge in [0.15, 0.2) is 36.0 Å². The van der Waals surface area contributed by atoms with Crippen LogP contribution in [0.3, 0.4) is 0 Å². The number of hydrogen-bond donors (Lipinski definition) is 0. The molecule has 0 N–H and O–H groups in total. The average molecular weight is 509 g/mol. The van der Waals surface area contributed by atoms with E-state index >= 15 is 0 Å². The number of rotatable bonds is 8. The molecular weight excluding hydrogens is 482 g/mol. The van der Waals surface area contributed by atoms with Gasteiger partial charge in [0, 0.05) is 39.8 Å². The molecule has 0 spiro atoms. The highest BCUT2D eigenvalue weighted by molar-refractivity contribution is 5.79. The lowest BCUT2D eigenvalue weighted by Crippen LogP contribution is -2.60. The molecule has 2 aromatic rings. The Morgan fingerprint density at radius 3 is 1.94 bits per heavy atom. The van der Waals surface area contributed by atoms with Crippen LogP contribution in [0.15, 0.2) is 12.1 Å². The van der Waals surface area contributed by atoms with Gasteiger partial charge in [-0.15, -0.1) is 5.10 Å². The van der Waals surface area contributed by atoms with Crippen molar-refractivity contribution in [2.45, 2.75) is 58.3 Å². The summed E-state index contributed by atoms with van der Waals surface area (Å²) in [5.74, 6) is -2.05. The van der Waals surface area contributed by atoms with Crippen LogP contribution in [0.5, 0.6) is 11.5 Å². The Balaban J connectivity index is 2.16. The molecule has 36 heavy (non-hydrogen) atoms. The van der Waals surface area contributed by atoms with Crippen molar-refractivity contribution in [3.8, 4) is 11.5 Å². The summed E-state index contributed by atoms with van der Waals surface area (Å²) in [6.07, 6.45) is -6.32. The molecule has 1 aliphatic rings. The average Bonchev–Trinajstić information content (AvgIpc) is 3.21. The molecule has 196 valence electrons. The maximum Gasteiger partial charge on any atom is 0.303 e. The number of aromatic nitrogens is 3. The Morgan fingerprint density at radius 2 is 1.39 bits per heavy atom. The molecule has 0 bridgehead atoms. The Morgan fingerprint density at radius 1 is 0.833 bits per heavy atom. The van der Waals surface area contributed by atoms with Gasteiger partial charge in [0.05, 0.1) is 19.7 Å². The lowest BCUT2D eigenvalue weighted by atomic mass is 9.97. The third-order valence-corrected chi connectivity index (χ3v) is 5.18. The number of hydrogen-bond acceptors (Lipinski definition) is 13. The second-order valence-corrected chi connectivity index (χ2v) is 7.82. The van der Waals surface area contributed by atoms with Crippen molar-refractivity contribution < 1.29 is 52.3 Å². The minimum atomic E-state index is -1.34. The summed E-state index contributed by atoms with van der Waals surface area (Å²) in [7, 11) is 2.92. The highest BCUT2D eigenvalue weighted by Gasteiger charge is 2.53. The van der Waals surface area contributed by atoms with Gasteiger partial charge in [-0.3, -0.25) is 19.2 Å². The zero-order valence-corrected chi connectivity index (χ0v) is 20.6. The molecule has 3 rings (SSSR count). The molecule has 0 aliphatic carbocycles. The minimum absolute atomic E-state index is 0.360. The van der Waals surface area contributed by atoms with Gasteiger partial charge in [-0.05, 0) is 0 Å². The Labute approximate surface area is 205 Å². The van der Waals surface area contributed by atoms with Crippen molar-refractivity contribution in [3.05, 3.63) is 12.1 Å². The molecule has 1 saturated heterocycles. The van der Waals surface area contributed by atoms with E-state index in [1.165, 1.54) is 25.8 Å². The highest BCUT2D eigenvalue weighted by atomic mass is 16.7. The fraction of sp³-hybridized carbons (Fsp3) is 0.545. The first-order valence-corrected chi connectivity index (χ1v) is 10.8. The largest absolute Gasteiger partial charge is 0.493 e. The minimum Gasteiger partial charge on any atom is -0.493 e. The molecule has 1 aromatic heterocycles. The van der Waals surface area contributed by atoms with Gasteiger partial charge in [0.25, 0.3) is 0 Å². The molecule has 5 atom stereocenters. The summed E-state index contributed by atoms with van der Waals surface area (Å²) >= 11 is 0. The van der Waals surface area contributed by atoms with Gasteiger partial charge in [0.1, 0.15) is 18.2 Å². The molecule has 0 unspecified atom stereocenters. The smallest absolute Gasteiger partial charge is 0.303 e. The van der Waals surface area contributed by atoms with Gasteiger partial charge < -0.3 is 33.2 Å². The van der Waals surface area contributed by atoms with Crippen molar-refractivity contribution in [1.82, 2.24) is 15.0 Å². The Kier molecular flexibility index (Phi) is 8.29. The first kappa shape index (κ1) is 26.7. The molecule has 0 saturated carbocycles. The van der Waals surface area contributed by atoms with E-state index in [-0.39, 0.29) is 6.61 Å². The van der Waals surface area contributed by atoms with Crippen molar-refractivity contribution in [2.24, 2.45) is 0 Å². The zero-order valence-electron chi connectivity index (χ0n) is 20.6. The Hall–Kier alpha value is -3.94. The fourth-order valence-corrected chi connectivity index (χ4v) is 3.86. The fourth-order valence-electron chi connectivity index (χ4n) is 3.86. The van der Waals surface area contributed by atoms with Crippen LogP contribution in [-0.4, -0.2) is 84.1 Å². The first-order valence-electron chi connectivity index (χ1n) is 10.8. The number of carbonyl (C=O) groups is 4. The van der Waals surface area contributed by atoms with E-state index in [0.717, 1.165) is 20.8 Å². The number of ether oxygens (including phenoxy) is 7. The van der Waals surface area contributed by atoms with Gasteiger partial charge in [-0.25, -0.2) is 4.68 Å². The van der Waals surface area contributed by atoms with Crippen molar-refractivity contribution >= 4 is 34.9 Å². The predicted molar refractivity (Wildman–Crippen MR) is 118 cm³/mol. The summed E-state index contributed by atoms with van der Waals surface area (Å²) in [6, 6.07) is 3.17. The predicted octanol–water partition coefficient (Wildman–Crippen LogP) is 0.704. The number of carbonyl (C=O) groups excluding carboxylic acids is 4. The number of benzene rings is 1. The maximum atomic E-state index is 12.1. The lowest BCUT2D eigenvalue weighted by molar-refractivity contribution is -0.269. The SMILES string of the molecule is COc1cc2nnn([C@@H]3O[C@H](COC(C)=O)[C@@H](OC(C)=O)[C@H](OC(C)=O)[C@H]3OC(C)=O)c2cc1OC. The second-order valence-electron chi connectivity index (χ2n) is 7.82. The number of esters is 4. The molecule has 1 fully saturated rings. The van der Waals surface area contributed by atoms with Crippen LogP contribution in [0.1, 0.15) is 33.9 Å². The summed E-state index contributed by atoms with van der Waals surface area (Å²) in [5, 5.41) is 8.26. The third kappa shape index (κ3) is 5.82. The quantitative estimate of drug-likeness (QED) is 0.361. The summed E-state index contributed by atoms with van der Waals surface area (Å²) in [4.78, 5) is 47.5. The monoisotopic (exact) mass is 509 g/mol. The highest BCUT2D eigenvalue weighted by Crippen LogP contribution is 2.38. The summed E-state index contributed by atoms with van der Waals surface area (Å²) < 4.78 is 39.5. The molecule has 1 aliphatic heterocycles. The zero-order chi connectivity index (χ0) is 26.6. The van der Waals surface area contributed by atoms with Crippen LogP contribution in [0, 0.1) is 0 Å². The standard InChI is InChI=1S/C22H27N3O11/c1-10(26)32-9-18-19(33-11(2)27)20(34-12(3)28)21(35-13(4)29)22(36-18)25-15-8-17(31-6)16(30-5)7-14(15)23-24-25/h7-8,18-22H,9H2,1-6H3/t18-,19-,20+,21-,22-/m1/s1. The van der Waals surface area contributed by atoms with Gasteiger partial charge in [-0.2, -0.15) is 0 Å². The lowest BCUT2D eigenvalue weighted by Gasteiger charge is -2.44. The van der Waals surface area contributed by atoms with Crippen LogP contribution in [0.25, 0.3) is 11.0 Å². The molecule has 1 aromatic carbocycles. The molecule has 2 heterocycles. The van der Waals surface area contributed by atoms with Crippen molar-refractivity contribution in [2.75, 3.05) is 20.8 Å². The van der Waals surface area contributed by atoms with Gasteiger partial charge in [-0.1, -0.05) is 5.21 Å². The topological polar surface area (TPSA) is 164 Å².